The van der Waals surface area contributed by atoms with Gasteiger partial charge in [-0.25, -0.2) is 0 Å². The topological polar surface area (TPSA) is 58.4 Å². The van der Waals surface area contributed by atoms with Crippen LogP contribution < -0.4 is 16.0 Å². The van der Waals surface area contributed by atoms with E-state index in [9.17, 15) is 4.79 Å². The number of nitrogen functional groups attached to an aromatic ring is 1. The van der Waals surface area contributed by atoms with Gasteiger partial charge in [-0.3, -0.25) is 4.79 Å². The Bertz CT molecular complexity index is 402. The van der Waals surface area contributed by atoms with Crippen molar-refractivity contribution in [1.82, 2.24) is 5.32 Å². The number of nitrogens with two attached hydrogens (primary N) is 1. The number of aryl methyl sites for hydroxylation is 1. The van der Waals surface area contributed by atoms with Gasteiger partial charge >= 0.3 is 0 Å². The summed E-state index contributed by atoms with van der Waals surface area (Å²) in [6, 6.07) is 5.86. The molecule has 17 heavy (non-hydrogen) atoms. The third-order valence-electron chi connectivity index (χ3n) is 2.46. The number of amides is 1. The molecular weight excluding hydrogens is 214 g/mol. The second kappa shape index (κ2) is 5.57. The summed E-state index contributed by atoms with van der Waals surface area (Å²) in [5.74, 6) is 0.0266. The average Bonchev–Trinajstić information content (AvgIpc) is 2.15. The van der Waals surface area contributed by atoms with Crippen LogP contribution in [-0.2, 0) is 4.79 Å². The summed E-state index contributed by atoms with van der Waals surface area (Å²) in [5.41, 5.74) is 8.54. The van der Waals surface area contributed by atoms with Gasteiger partial charge in [-0.05, 0) is 44.5 Å². The van der Waals surface area contributed by atoms with Crippen molar-refractivity contribution in [2.75, 3.05) is 24.2 Å². The van der Waals surface area contributed by atoms with E-state index in [-0.39, 0.29) is 11.9 Å². The Balaban J connectivity index is 2.69. The highest BCUT2D eigenvalue weighted by atomic mass is 16.2. The highest BCUT2D eigenvalue weighted by molar-refractivity contribution is 5.81. The number of hydrogen-bond donors (Lipinski definition) is 2. The second-order valence-electron chi connectivity index (χ2n) is 4.62. The molecule has 1 aromatic rings. The van der Waals surface area contributed by atoms with E-state index in [4.69, 9.17) is 5.73 Å². The predicted octanol–water partition coefficient (Wildman–Crippen LogP) is 1.54. The molecule has 0 fully saturated rings. The van der Waals surface area contributed by atoms with Crippen molar-refractivity contribution in [2.45, 2.75) is 26.8 Å². The number of hydrogen-bond acceptors (Lipinski definition) is 3. The lowest BCUT2D eigenvalue weighted by Crippen LogP contribution is -2.38. The smallest absolute Gasteiger partial charge is 0.239 e. The van der Waals surface area contributed by atoms with E-state index in [1.54, 1.807) is 0 Å². The first-order valence-electron chi connectivity index (χ1n) is 5.76. The van der Waals surface area contributed by atoms with Crippen molar-refractivity contribution in [1.29, 1.82) is 0 Å². The lowest BCUT2D eigenvalue weighted by Gasteiger charge is -2.21. The molecular formula is C13H21N3O. The van der Waals surface area contributed by atoms with E-state index in [1.165, 1.54) is 0 Å². The van der Waals surface area contributed by atoms with E-state index < -0.39 is 0 Å². The van der Waals surface area contributed by atoms with E-state index >= 15 is 0 Å². The molecule has 0 spiro atoms. The van der Waals surface area contributed by atoms with Crippen molar-refractivity contribution < 1.29 is 4.79 Å². The standard InChI is InChI=1S/C13H21N3O/c1-9(2)15-13(17)8-16(4)12-6-5-11(14)7-10(12)3/h5-7,9H,8,14H2,1-4H3,(H,15,17). The summed E-state index contributed by atoms with van der Waals surface area (Å²) >= 11 is 0. The van der Waals surface area contributed by atoms with Gasteiger partial charge in [0.15, 0.2) is 0 Å². The van der Waals surface area contributed by atoms with Gasteiger partial charge in [0, 0.05) is 24.5 Å². The molecule has 3 N–H and O–H groups in total. The van der Waals surface area contributed by atoms with Gasteiger partial charge in [-0.2, -0.15) is 0 Å². The van der Waals surface area contributed by atoms with Gasteiger partial charge in [0.2, 0.25) is 5.91 Å². The molecule has 4 nitrogen and oxygen atoms in total. The molecule has 0 aliphatic carbocycles. The number of likely N-dealkylation sites (N-methyl/N-ethyl adjacent to an activating group) is 1. The van der Waals surface area contributed by atoms with Gasteiger partial charge in [0.1, 0.15) is 0 Å². The zero-order chi connectivity index (χ0) is 13.0. The zero-order valence-corrected chi connectivity index (χ0v) is 10.9. The molecule has 0 heterocycles. The molecule has 1 aromatic carbocycles. The molecule has 1 amide bonds. The van der Waals surface area contributed by atoms with E-state index in [2.05, 4.69) is 5.32 Å². The Morgan fingerprint density at radius 1 is 1.47 bits per heavy atom. The van der Waals surface area contributed by atoms with Crippen LogP contribution in [0.15, 0.2) is 18.2 Å². The number of benzene rings is 1. The van der Waals surface area contributed by atoms with Crippen LogP contribution in [0.3, 0.4) is 0 Å². The lowest BCUT2D eigenvalue weighted by molar-refractivity contribution is -0.120. The van der Waals surface area contributed by atoms with Crippen LogP contribution in [0.25, 0.3) is 0 Å². The second-order valence-corrected chi connectivity index (χ2v) is 4.62. The monoisotopic (exact) mass is 235 g/mol. The number of carbonyl (C=O) groups excluding carboxylic acids is 1. The maximum absolute atomic E-state index is 11.6. The lowest BCUT2D eigenvalue weighted by atomic mass is 10.1. The maximum Gasteiger partial charge on any atom is 0.239 e. The molecule has 0 radical (unpaired) electrons. The fourth-order valence-corrected chi connectivity index (χ4v) is 1.78. The summed E-state index contributed by atoms with van der Waals surface area (Å²) in [6.45, 7) is 6.24. The fraction of sp³-hybridized carbons (Fsp3) is 0.462. The predicted molar refractivity (Wildman–Crippen MR) is 72.1 cm³/mol. The largest absolute Gasteiger partial charge is 0.399 e. The number of anilines is 2. The molecule has 0 aromatic heterocycles. The Morgan fingerprint density at radius 2 is 2.12 bits per heavy atom. The quantitative estimate of drug-likeness (QED) is 0.778. The summed E-state index contributed by atoms with van der Waals surface area (Å²) < 4.78 is 0. The van der Waals surface area contributed by atoms with Gasteiger partial charge in [-0.1, -0.05) is 0 Å². The zero-order valence-electron chi connectivity index (χ0n) is 10.9. The summed E-state index contributed by atoms with van der Waals surface area (Å²) in [6.07, 6.45) is 0. The molecule has 94 valence electrons. The van der Waals surface area contributed by atoms with Gasteiger partial charge < -0.3 is 16.0 Å². The van der Waals surface area contributed by atoms with Crippen molar-refractivity contribution in [3.63, 3.8) is 0 Å². The Kier molecular flexibility index (Phi) is 4.37. The van der Waals surface area contributed by atoms with E-state index in [0.29, 0.717) is 6.54 Å². The third kappa shape index (κ3) is 3.98. The number of nitrogens with one attached hydrogen (secondary N) is 1. The molecule has 4 heteroatoms. The third-order valence-corrected chi connectivity index (χ3v) is 2.46. The summed E-state index contributed by atoms with van der Waals surface area (Å²) in [7, 11) is 1.90. The van der Waals surface area contributed by atoms with Crippen LogP contribution in [0, 0.1) is 6.92 Å². The van der Waals surface area contributed by atoms with Crippen LogP contribution >= 0.6 is 0 Å². The summed E-state index contributed by atoms with van der Waals surface area (Å²) in [4.78, 5) is 13.6. The first-order chi connectivity index (χ1) is 7.90. The molecule has 0 unspecified atom stereocenters. The van der Waals surface area contributed by atoms with Gasteiger partial charge in [-0.15, -0.1) is 0 Å². The number of carbonyl (C=O) groups is 1. The van der Waals surface area contributed by atoms with Crippen LogP contribution in [0.1, 0.15) is 19.4 Å². The summed E-state index contributed by atoms with van der Waals surface area (Å²) in [5, 5.41) is 2.87. The molecule has 0 bridgehead atoms. The van der Waals surface area contributed by atoms with Gasteiger partial charge in [0.25, 0.3) is 0 Å². The van der Waals surface area contributed by atoms with Crippen molar-refractivity contribution in [3.05, 3.63) is 23.8 Å². The van der Waals surface area contributed by atoms with Gasteiger partial charge in [0.05, 0.1) is 6.54 Å². The fourth-order valence-electron chi connectivity index (χ4n) is 1.78. The minimum absolute atomic E-state index is 0.0266. The molecule has 0 saturated carbocycles. The molecule has 0 aliphatic heterocycles. The Labute approximate surface area is 103 Å². The average molecular weight is 235 g/mol. The van der Waals surface area contributed by atoms with E-state index in [0.717, 1.165) is 16.9 Å². The van der Waals surface area contributed by atoms with Crippen LogP contribution in [0.4, 0.5) is 11.4 Å². The minimum Gasteiger partial charge on any atom is -0.399 e. The first kappa shape index (κ1) is 13.4. The number of rotatable bonds is 4. The van der Waals surface area contributed by atoms with Crippen molar-refractivity contribution in [2.24, 2.45) is 0 Å². The molecule has 0 aliphatic rings. The highest BCUT2D eigenvalue weighted by Crippen LogP contribution is 2.20. The molecule has 1 rings (SSSR count). The van der Waals surface area contributed by atoms with Crippen molar-refractivity contribution in [3.8, 4) is 0 Å². The molecule has 0 saturated heterocycles. The van der Waals surface area contributed by atoms with Crippen LogP contribution in [0.5, 0.6) is 0 Å². The van der Waals surface area contributed by atoms with E-state index in [1.807, 2.05) is 50.9 Å². The maximum atomic E-state index is 11.6. The highest BCUT2D eigenvalue weighted by Gasteiger charge is 2.10. The Hall–Kier alpha value is -1.71. The van der Waals surface area contributed by atoms with Crippen LogP contribution in [0.2, 0.25) is 0 Å². The molecule has 0 atom stereocenters. The first-order valence-corrected chi connectivity index (χ1v) is 5.76. The van der Waals surface area contributed by atoms with Crippen molar-refractivity contribution >= 4 is 17.3 Å². The van der Waals surface area contributed by atoms with Crippen LogP contribution in [-0.4, -0.2) is 25.5 Å². The Morgan fingerprint density at radius 3 is 2.65 bits per heavy atom. The normalized spacial score (nSPS) is 10.4. The number of nitrogens with zero attached hydrogens (tertiary/aromatic N) is 1. The SMILES string of the molecule is Cc1cc(N)ccc1N(C)CC(=O)NC(C)C. The minimum atomic E-state index is 0.0266.